The molecule has 0 aromatic rings. The number of esters is 1. The van der Waals surface area contributed by atoms with Gasteiger partial charge >= 0.3 is 5.97 Å². The summed E-state index contributed by atoms with van der Waals surface area (Å²) in [6.45, 7) is 4.20. The normalized spacial score (nSPS) is 19.7. The number of carbonyl (C=O) groups is 1. The van der Waals surface area contributed by atoms with Crippen LogP contribution in [0.25, 0.3) is 0 Å². The molecule has 0 amide bonds. The van der Waals surface area contributed by atoms with Gasteiger partial charge < -0.3 is 24.8 Å². The van der Waals surface area contributed by atoms with Crippen molar-refractivity contribution in [1.29, 1.82) is 0 Å². The van der Waals surface area contributed by atoms with E-state index < -0.39 is 30.5 Å². The van der Waals surface area contributed by atoms with Crippen molar-refractivity contribution in [1.82, 2.24) is 0 Å². The molecule has 0 aromatic carbocycles. The third kappa shape index (κ3) is 5.85. The number of aliphatic hydroxyl groups is 3. The molecule has 22 heavy (non-hydrogen) atoms. The number of hydrogen-bond donors (Lipinski definition) is 3. The van der Waals surface area contributed by atoms with Gasteiger partial charge in [-0.05, 0) is 12.3 Å². The second kappa shape index (κ2) is 9.69. The third-order valence-electron chi connectivity index (χ3n) is 3.64. The second-order valence-corrected chi connectivity index (χ2v) is 6.09. The van der Waals surface area contributed by atoms with Crippen LogP contribution in [-0.2, 0) is 14.3 Å². The van der Waals surface area contributed by atoms with E-state index in [1.165, 1.54) is 19.3 Å². The van der Waals surface area contributed by atoms with Crippen LogP contribution in [0.3, 0.4) is 0 Å². The van der Waals surface area contributed by atoms with Crippen LogP contribution in [0.1, 0.15) is 52.4 Å². The second-order valence-electron chi connectivity index (χ2n) is 6.09. The number of ether oxygens (including phenoxy) is 2. The maximum Gasteiger partial charge on any atom is 0.378 e. The van der Waals surface area contributed by atoms with Crippen LogP contribution < -0.4 is 0 Å². The van der Waals surface area contributed by atoms with Crippen molar-refractivity contribution in [3.8, 4) is 0 Å². The molecular weight excluding hydrogens is 288 g/mol. The maximum absolute atomic E-state index is 11.3. The summed E-state index contributed by atoms with van der Waals surface area (Å²) in [5.74, 6) is -0.880. The molecule has 0 saturated carbocycles. The Labute approximate surface area is 131 Å². The van der Waals surface area contributed by atoms with E-state index in [1.54, 1.807) is 0 Å². The molecule has 0 fully saturated rings. The summed E-state index contributed by atoms with van der Waals surface area (Å²) < 4.78 is 10.2. The van der Waals surface area contributed by atoms with Crippen molar-refractivity contribution in [2.24, 2.45) is 5.92 Å². The van der Waals surface area contributed by atoms with E-state index in [1.807, 2.05) is 0 Å². The van der Waals surface area contributed by atoms with Crippen molar-refractivity contribution in [3.63, 3.8) is 0 Å². The number of cyclic esters (lactones) is 1. The number of aliphatic hydroxyl groups excluding tert-OH is 3. The molecule has 3 N–H and O–H groups in total. The molecule has 1 aliphatic rings. The first kappa shape index (κ1) is 18.8. The lowest BCUT2D eigenvalue weighted by atomic mass is 10.0. The van der Waals surface area contributed by atoms with Gasteiger partial charge in [-0.15, -0.1) is 0 Å². The summed E-state index contributed by atoms with van der Waals surface area (Å²) in [6, 6.07) is 0. The summed E-state index contributed by atoms with van der Waals surface area (Å²) >= 11 is 0. The zero-order valence-electron chi connectivity index (χ0n) is 13.5. The monoisotopic (exact) mass is 316 g/mol. The Bertz CT molecular complexity index is 377. The molecule has 0 bridgehead atoms. The molecule has 6 nitrogen and oxygen atoms in total. The van der Waals surface area contributed by atoms with Gasteiger partial charge in [0.2, 0.25) is 5.76 Å². The summed E-state index contributed by atoms with van der Waals surface area (Å²) in [4.78, 5) is 11.3. The summed E-state index contributed by atoms with van der Waals surface area (Å²) in [5.41, 5.74) is 0. The Balaban J connectivity index is 2.23. The van der Waals surface area contributed by atoms with Crippen molar-refractivity contribution in [3.05, 3.63) is 11.5 Å². The standard InChI is InChI=1S/C16H28O6/c1-11(2)8-6-4-3-5-7-9-21-15-13(19)16(20)22-14(15)12(18)10-17/h11-12,14,17-19H,3-10H2,1-2H3/t12-,14+/m0/s1. The topological polar surface area (TPSA) is 96.2 Å². The fraction of sp³-hybridized carbons (Fsp3) is 0.812. The minimum atomic E-state index is -1.29. The number of hydrogen-bond acceptors (Lipinski definition) is 6. The Kier molecular flexibility index (Phi) is 8.27. The number of carbonyl (C=O) groups excluding carboxylic acids is 1. The molecule has 0 unspecified atom stereocenters. The maximum atomic E-state index is 11.3. The van der Waals surface area contributed by atoms with Crippen LogP contribution >= 0.6 is 0 Å². The largest absolute Gasteiger partial charge is 0.499 e. The first-order valence-electron chi connectivity index (χ1n) is 8.03. The highest BCUT2D eigenvalue weighted by molar-refractivity contribution is 5.89. The van der Waals surface area contributed by atoms with E-state index in [0.717, 1.165) is 25.2 Å². The van der Waals surface area contributed by atoms with Crippen LogP contribution in [-0.4, -0.2) is 46.7 Å². The van der Waals surface area contributed by atoms with Gasteiger partial charge in [0.25, 0.3) is 0 Å². The van der Waals surface area contributed by atoms with E-state index in [0.29, 0.717) is 6.61 Å². The molecule has 2 atom stereocenters. The average molecular weight is 316 g/mol. The summed E-state index contributed by atoms with van der Waals surface area (Å²) in [5, 5.41) is 28.1. The SMILES string of the molecule is CC(C)CCCCCCCOC1=C(O)C(=O)O[C@@H]1[C@@H](O)CO. The minimum Gasteiger partial charge on any atom is -0.499 e. The van der Waals surface area contributed by atoms with E-state index in [-0.39, 0.29) is 5.76 Å². The Morgan fingerprint density at radius 2 is 1.82 bits per heavy atom. The molecule has 0 spiro atoms. The smallest absolute Gasteiger partial charge is 0.378 e. The zero-order chi connectivity index (χ0) is 16.5. The molecule has 0 aliphatic carbocycles. The van der Waals surface area contributed by atoms with E-state index >= 15 is 0 Å². The van der Waals surface area contributed by atoms with E-state index in [4.69, 9.17) is 14.6 Å². The molecule has 1 rings (SSSR count). The lowest BCUT2D eigenvalue weighted by Gasteiger charge is -2.18. The predicted molar refractivity (Wildman–Crippen MR) is 81.1 cm³/mol. The van der Waals surface area contributed by atoms with Crippen molar-refractivity contribution in [2.45, 2.75) is 64.6 Å². The molecule has 1 heterocycles. The third-order valence-corrected chi connectivity index (χ3v) is 3.64. The van der Waals surface area contributed by atoms with Gasteiger partial charge in [0, 0.05) is 0 Å². The Morgan fingerprint density at radius 1 is 1.18 bits per heavy atom. The fourth-order valence-electron chi connectivity index (χ4n) is 2.33. The highest BCUT2D eigenvalue weighted by Crippen LogP contribution is 2.25. The van der Waals surface area contributed by atoms with Crippen molar-refractivity contribution >= 4 is 5.97 Å². The Hall–Kier alpha value is -1.27. The molecular formula is C16H28O6. The molecule has 0 radical (unpaired) electrons. The van der Waals surface area contributed by atoms with Crippen molar-refractivity contribution in [2.75, 3.05) is 13.2 Å². The van der Waals surface area contributed by atoms with Crippen LogP contribution in [0.5, 0.6) is 0 Å². The lowest BCUT2D eigenvalue weighted by molar-refractivity contribution is -0.148. The van der Waals surface area contributed by atoms with E-state index in [9.17, 15) is 15.0 Å². The molecule has 6 heteroatoms. The van der Waals surface area contributed by atoms with Crippen LogP contribution in [0.15, 0.2) is 11.5 Å². The summed E-state index contributed by atoms with van der Waals surface area (Å²) in [7, 11) is 0. The lowest BCUT2D eigenvalue weighted by Crippen LogP contribution is -2.32. The first-order valence-corrected chi connectivity index (χ1v) is 8.03. The van der Waals surface area contributed by atoms with Gasteiger partial charge in [-0.2, -0.15) is 0 Å². The van der Waals surface area contributed by atoms with Gasteiger partial charge in [-0.25, -0.2) is 4.79 Å². The van der Waals surface area contributed by atoms with Crippen LogP contribution in [0, 0.1) is 5.92 Å². The Morgan fingerprint density at radius 3 is 2.45 bits per heavy atom. The predicted octanol–water partition coefficient (Wildman–Crippen LogP) is 2.05. The molecule has 0 saturated heterocycles. The molecule has 128 valence electrons. The average Bonchev–Trinajstić information content (AvgIpc) is 2.76. The van der Waals surface area contributed by atoms with E-state index in [2.05, 4.69) is 13.8 Å². The highest BCUT2D eigenvalue weighted by atomic mass is 16.6. The van der Waals surface area contributed by atoms with Gasteiger partial charge in [0.15, 0.2) is 11.9 Å². The number of rotatable bonds is 11. The van der Waals surface area contributed by atoms with Gasteiger partial charge in [-0.1, -0.05) is 46.0 Å². The highest BCUT2D eigenvalue weighted by Gasteiger charge is 2.40. The molecule has 0 aromatic heterocycles. The fourth-order valence-corrected chi connectivity index (χ4v) is 2.33. The minimum absolute atomic E-state index is 0.0774. The van der Waals surface area contributed by atoms with Gasteiger partial charge in [-0.3, -0.25) is 0 Å². The van der Waals surface area contributed by atoms with Gasteiger partial charge in [0.1, 0.15) is 6.10 Å². The van der Waals surface area contributed by atoms with Crippen LogP contribution in [0.2, 0.25) is 0 Å². The summed E-state index contributed by atoms with van der Waals surface area (Å²) in [6.07, 6.45) is 4.19. The zero-order valence-corrected chi connectivity index (χ0v) is 13.5. The quantitative estimate of drug-likeness (QED) is 0.399. The first-order chi connectivity index (χ1) is 10.5. The van der Waals surface area contributed by atoms with Gasteiger partial charge in [0.05, 0.1) is 13.2 Å². The molecule has 1 aliphatic heterocycles. The number of unbranched alkanes of at least 4 members (excludes halogenated alkanes) is 4. The van der Waals surface area contributed by atoms with Crippen LogP contribution in [0.4, 0.5) is 0 Å². The van der Waals surface area contributed by atoms with Crippen molar-refractivity contribution < 1.29 is 29.6 Å².